The maximum atomic E-state index is 12.1. The minimum absolute atomic E-state index is 0.0669. The molecule has 3 rings (SSSR count). The maximum absolute atomic E-state index is 12.1. The van der Waals surface area contributed by atoms with E-state index in [-0.39, 0.29) is 30.4 Å². The van der Waals surface area contributed by atoms with Crippen LogP contribution in [0.15, 0.2) is 72.1 Å². The molecule has 0 aliphatic rings. The lowest BCUT2D eigenvalue weighted by Crippen LogP contribution is -2.14. The second-order valence-corrected chi connectivity index (χ2v) is 6.80. The quantitative estimate of drug-likeness (QED) is 0.590. The molecule has 2 N–H and O–H groups in total. The zero-order valence-corrected chi connectivity index (χ0v) is 15.3. The average molecular weight is 378 g/mol. The summed E-state index contributed by atoms with van der Waals surface area (Å²) >= 11 is 1.36. The van der Waals surface area contributed by atoms with Gasteiger partial charge in [0.2, 0.25) is 5.91 Å². The van der Waals surface area contributed by atoms with E-state index in [0.717, 1.165) is 0 Å². The molecule has 27 heavy (non-hydrogen) atoms. The van der Waals surface area contributed by atoms with Crippen LogP contribution in [-0.2, 0) is 4.79 Å². The summed E-state index contributed by atoms with van der Waals surface area (Å²) in [5, 5.41) is 7.39. The van der Waals surface area contributed by atoms with E-state index >= 15 is 0 Å². The van der Waals surface area contributed by atoms with Crippen molar-refractivity contribution in [1.29, 1.82) is 0 Å². The van der Waals surface area contributed by atoms with Gasteiger partial charge >= 0.3 is 0 Å². The average Bonchev–Trinajstić information content (AvgIpc) is 3.22. The highest BCUT2D eigenvalue weighted by Crippen LogP contribution is 2.18. The van der Waals surface area contributed by atoms with Crippen LogP contribution in [0.3, 0.4) is 0 Å². The lowest BCUT2D eigenvalue weighted by atomic mass is 10.1. The molecule has 0 radical (unpaired) electrons. The molecule has 3 aromatic rings. The molecular formula is C21H18N2O3S. The van der Waals surface area contributed by atoms with Crippen LogP contribution >= 0.6 is 11.3 Å². The summed E-state index contributed by atoms with van der Waals surface area (Å²) in [4.78, 5) is 36.9. The Morgan fingerprint density at radius 2 is 1.52 bits per heavy atom. The van der Waals surface area contributed by atoms with Crippen molar-refractivity contribution in [2.45, 2.75) is 12.8 Å². The molecule has 136 valence electrons. The maximum Gasteiger partial charge on any atom is 0.265 e. The highest BCUT2D eigenvalue weighted by atomic mass is 32.1. The number of ketones is 1. The number of nitrogens with one attached hydrogen (secondary N) is 2. The van der Waals surface area contributed by atoms with Gasteiger partial charge in [-0.05, 0) is 29.6 Å². The zero-order chi connectivity index (χ0) is 19.1. The van der Waals surface area contributed by atoms with Gasteiger partial charge in [0.05, 0.1) is 4.88 Å². The van der Waals surface area contributed by atoms with Crippen molar-refractivity contribution in [1.82, 2.24) is 0 Å². The van der Waals surface area contributed by atoms with Crippen molar-refractivity contribution in [2.24, 2.45) is 0 Å². The first-order valence-electron chi connectivity index (χ1n) is 8.45. The monoisotopic (exact) mass is 378 g/mol. The van der Waals surface area contributed by atoms with Gasteiger partial charge in [0, 0.05) is 29.8 Å². The number of anilines is 2. The third-order valence-corrected chi connectivity index (χ3v) is 4.69. The molecular weight excluding hydrogens is 360 g/mol. The van der Waals surface area contributed by atoms with Gasteiger partial charge in [0.1, 0.15) is 0 Å². The van der Waals surface area contributed by atoms with E-state index in [9.17, 15) is 14.4 Å². The molecule has 0 bridgehead atoms. The molecule has 0 saturated heterocycles. The number of hydrogen-bond donors (Lipinski definition) is 2. The molecule has 0 unspecified atom stereocenters. The van der Waals surface area contributed by atoms with E-state index < -0.39 is 0 Å². The predicted octanol–water partition coefficient (Wildman–Crippen LogP) is 4.60. The first-order chi connectivity index (χ1) is 13.1. The van der Waals surface area contributed by atoms with Gasteiger partial charge in [-0.1, -0.05) is 42.5 Å². The summed E-state index contributed by atoms with van der Waals surface area (Å²) in [6, 6.07) is 19.4. The topological polar surface area (TPSA) is 75.3 Å². The number of carbonyl (C=O) groups excluding carboxylic acids is 3. The van der Waals surface area contributed by atoms with Crippen molar-refractivity contribution in [3.63, 3.8) is 0 Å². The Morgan fingerprint density at radius 1 is 0.778 bits per heavy atom. The molecule has 6 heteroatoms. The SMILES string of the molecule is O=C(CCC(=O)c1ccccc1)Nc1cccc(NC(=O)c2cccs2)c1. The first-order valence-corrected chi connectivity index (χ1v) is 9.33. The molecule has 1 aromatic heterocycles. The number of benzene rings is 2. The Labute approximate surface area is 161 Å². The number of thiophene rings is 1. The van der Waals surface area contributed by atoms with E-state index in [1.807, 2.05) is 17.5 Å². The molecule has 0 aliphatic carbocycles. The van der Waals surface area contributed by atoms with Crippen LogP contribution in [0.25, 0.3) is 0 Å². The van der Waals surface area contributed by atoms with Gasteiger partial charge in [-0.25, -0.2) is 0 Å². The standard InChI is InChI=1S/C21H18N2O3S/c24-18(15-6-2-1-3-7-15)11-12-20(25)22-16-8-4-9-17(14-16)23-21(26)19-10-5-13-27-19/h1-10,13-14H,11-12H2,(H,22,25)(H,23,26). The summed E-state index contributed by atoms with van der Waals surface area (Å²) in [6.45, 7) is 0. The minimum atomic E-state index is -0.249. The molecule has 0 fully saturated rings. The van der Waals surface area contributed by atoms with Crippen molar-refractivity contribution < 1.29 is 14.4 Å². The summed E-state index contributed by atoms with van der Waals surface area (Å²) in [6.07, 6.45) is 0.240. The summed E-state index contributed by atoms with van der Waals surface area (Å²) in [5.74, 6) is -0.509. The molecule has 0 atom stereocenters. The van der Waals surface area contributed by atoms with Crippen molar-refractivity contribution in [3.05, 3.63) is 82.6 Å². The van der Waals surface area contributed by atoms with Crippen LogP contribution in [0.4, 0.5) is 11.4 Å². The van der Waals surface area contributed by atoms with Gasteiger partial charge in [0.25, 0.3) is 5.91 Å². The van der Waals surface area contributed by atoms with Crippen molar-refractivity contribution in [3.8, 4) is 0 Å². The number of Topliss-reactive ketones (excluding diaryl/α,β-unsaturated/α-hetero) is 1. The highest BCUT2D eigenvalue weighted by Gasteiger charge is 2.10. The molecule has 0 aliphatic heterocycles. The van der Waals surface area contributed by atoms with E-state index in [1.54, 1.807) is 54.6 Å². The molecule has 1 heterocycles. The third kappa shape index (κ3) is 5.36. The number of amides is 2. The Hall–Kier alpha value is -3.25. The van der Waals surface area contributed by atoms with Crippen LogP contribution in [0.1, 0.15) is 32.9 Å². The second-order valence-electron chi connectivity index (χ2n) is 5.85. The summed E-state index contributed by atoms with van der Waals surface area (Å²) < 4.78 is 0. The van der Waals surface area contributed by atoms with E-state index in [4.69, 9.17) is 0 Å². The molecule has 0 saturated carbocycles. The van der Waals surface area contributed by atoms with Gasteiger partial charge in [-0.15, -0.1) is 11.3 Å². The highest BCUT2D eigenvalue weighted by molar-refractivity contribution is 7.12. The van der Waals surface area contributed by atoms with Crippen LogP contribution < -0.4 is 10.6 Å². The molecule has 5 nitrogen and oxygen atoms in total. The van der Waals surface area contributed by atoms with E-state index in [2.05, 4.69) is 10.6 Å². The Kier molecular flexibility index (Phi) is 6.12. The fourth-order valence-electron chi connectivity index (χ4n) is 2.49. The smallest absolute Gasteiger partial charge is 0.265 e. The molecule has 2 aromatic carbocycles. The van der Waals surface area contributed by atoms with Crippen molar-refractivity contribution in [2.75, 3.05) is 10.6 Å². The van der Waals surface area contributed by atoms with E-state index in [1.165, 1.54) is 11.3 Å². The number of rotatable bonds is 7. The molecule has 2 amide bonds. The summed E-state index contributed by atoms with van der Waals surface area (Å²) in [7, 11) is 0. The Morgan fingerprint density at radius 3 is 2.22 bits per heavy atom. The van der Waals surface area contributed by atoms with Gasteiger partial charge in [0.15, 0.2) is 5.78 Å². The van der Waals surface area contributed by atoms with Crippen LogP contribution in [-0.4, -0.2) is 17.6 Å². The summed E-state index contributed by atoms with van der Waals surface area (Å²) in [5.41, 5.74) is 1.76. The van der Waals surface area contributed by atoms with Gasteiger partial charge < -0.3 is 10.6 Å². The normalized spacial score (nSPS) is 10.2. The second kappa shape index (κ2) is 8.91. The number of hydrogen-bond acceptors (Lipinski definition) is 4. The Bertz CT molecular complexity index is 937. The molecule has 0 spiro atoms. The van der Waals surface area contributed by atoms with Crippen LogP contribution in [0.5, 0.6) is 0 Å². The van der Waals surface area contributed by atoms with Gasteiger partial charge in [-0.3, -0.25) is 14.4 Å². The third-order valence-electron chi connectivity index (χ3n) is 3.82. The van der Waals surface area contributed by atoms with Crippen LogP contribution in [0.2, 0.25) is 0 Å². The minimum Gasteiger partial charge on any atom is -0.326 e. The predicted molar refractivity (Wildman–Crippen MR) is 107 cm³/mol. The number of carbonyl (C=O) groups is 3. The Balaban J connectivity index is 1.53. The lowest BCUT2D eigenvalue weighted by Gasteiger charge is -2.08. The van der Waals surface area contributed by atoms with E-state index in [0.29, 0.717) is 21.8 Å². The van der Waals surface area contributed by atoms with Gasteiger partial charge in [-0.2, -0.15) is 0 Å². The fraction of sp³-hybridized carbons (Fsp3) is 0.0952. The first kappa shape index (κ1) is 18.5. The van der Waals surface area contributed by atoms with Crippen LogP contribution in [0, 0.1) is 0 Å². The largest absolute Gasteiger partial charge is 0.326 e. The fourth-order valence-corrected chi connectivity index (χ4v) is 3.11. The lowest BCUT2D eigenvalue weighted by molar-refractivity contribution is -0.116. The van der Waals surface area contributed by atoms with Crippen molar-refractivity contribution >= 4 is 40.3 Å². The zero-order valence-electron chi connectivity index (χ0n) is 14.5.